The van der Waals surface area contributed by atoms with Gasteiger partial charge in [-0.3, -0.25) is 4.90 Å². The Morgan fingerprint density at radius 3 is 2.62 bits per heavy atom. The molecule has 8 nitrogen and oxygen atoms in total. The number of piperazine rings is 1. The summed E-state index contributed by atoms with van der Waals surface area (Å²) in [4.78, 5) is 21.5. The molecular formula is C25H28N7OS+. The second-order valence-electron chi connectivity index (χ2n) is 8.43. The Hall–Kier alpha value is -3.27. The highest BCUT2D eigenvalue weighted by atomic mass is 32.1. The first-order valence-corrected chi connectivity index (χ1v) is 12.2. The van der Waals surface area contributed by atoms with Gasteiger partial charge in [0.25, 0.3) is 0 Å². The van der Waals surface area contributed by atoms with Gasteiger partial charge in [0.15, 0.2) is 5.01 Å². The smallest absolute Gasteiger partial charge is 0.317 e. The molecule has 4 heterocycles. The molecule has 0 bridgehead atoms. The number of thiazole rings is 1. The van der Waals surface area contributed by atoms with Crippen molar-refractivity contribution in [3.63, 3.8) is 0 Å². The van der Waals surface area contributed by atoms with E-state index in [4.69, 9.17) is 9.72 Å². The van der Waals surface area contributed by atoms with Crippen molar-refractivity contribution < 1.29 is 9.31 Å². The first-order valence-electron chi connectivity index (χ1n) is 11.4. The first kappa shape index (κ1) is 22.5. The van der Waals surface area contributed by atoms with E-state index in [9.17, 15) is 0 Å². The number of rotatable bonds is 8. The molecule has 0 aliphatic carbocycles. The van der Waals surface area contributed by atoms with Crippen molar-refractivity contribution in [1.29, 1.82) is 0 Å². The molecule has 1 N–H and O–H groups in total. The third-order valence-corrected chi connectivity index (χ3v) is 6.83. The summed E-state index contributed by atoms with van der Waals surface area (Å²) >= 11 is 1.55. The standard InChI is InChI=1S/C25H28N7OS/c1-31(2)22(24-29-21-4-3-10-27-23(21)34-24)20-9-11-28-25(30-20)33-17-19-7-5-18(6-8-19)16-32-14-12-26-13-15-32/h3-11,22,26H,1,12-17H2,2H3/q+1. The lowest BCUT2D eigenvalue weighted by Gasteiger charge is -2.27. The van der Waals surface area contributed by atoms with Crippen molar-refractivity contribution >= 4 is 28.4 Å². The summed E-state index contributed by atoms with van der Waals surface area (Å²) in [6, 6.07) is 14.4. The maximum absolute atomic E-state index is 5.94. The molecular weight excluding hydrogens is 446 g/mol. The fourth-order valence-corrected chi connectivity index (χ4v) is 5.12. The second-order valence-corrected chi connectivity index (χ2v) is 9.44. The van der Waals surface area contributed by atoms with Crippen molar-refractivity contribution in [2.45, 2.75) is 19.2 Å². The van der Waals surface area contributed by atoms with Crippen molar-refractivity contribution in [2.24, 2.45) is 0 Å². The average molecular weight is 475 g/mol. The molecule has 34 heavy (non-hydrogen) atoms. The molecule has 0 radical (unpaired) electrons. The Bertz CT molecular complexity index is 1230. The highest BCUT2D eigenvalue weighted by Gasteiger charge is 2.28. The number of aromatic nitrogens is 4. The summed E-state index contributed by atoms with van der Waals surface area (Å²) in [5.41, 5.74) is 4.06. The fourth-order valence-electron chi connectivity index (χ4n) is 4.04. The summed E-state index contributed by atoms with van der Waals surface area (Å²) in [5.74, 6) is 0. The number of nitrogens with zero attached hydrogens (tertiary/aromatic N) is 6. The van der Waals surface area contributed by atoms with E-state index >= 15 is 0 Å². The van der Waals surface area contributed by atoms with Gasteiger partial charge in [-0.15, -0.1) is 0 Å². The molecule has 1 aliphatic rings. The van der Waals surface area contributed by atoms with E-state index in [0.717, 1.165) is 59.3 Å². The second kappa shape index (κ2) is 10.3. The zero-order valence-electron chi connectivity index (χ0n) is 19.2. The molecule has 1 saturated heterocycles. The van der Waals surface area contributed by atoms with Gasteiger partial charge in [0.05, 0.1) is 0 Å². The number of benzene rings is 1. The van der Waals surface area contributed by atoms with E-state index in [1.54, 1.807) is 23.7 Å². The molecule has 174 valence electrons. The van der Waals surface area contributed by atoms with Gasteiger partial charge < -0.3 is 10.1 Å². The average Bonchev–Trinajstić information content (AvgIpc) is 3.28. The van der Waals surface area contributed by atoms with E-state index < -0.39 is 0 Å². The SMILES string of the molecule is C=[N+](C)C(c1ccnc(OCc2ccc(CN3CCNCC3)cc2)n1)c1nc2cccnc2s1. The molecule has 0 saturated carbocycles. The van der Waals surface area contributed by atoms with Crippen molar-refractivity contribution in [1.82, 2.24) is 30.2 Å². The summed E-state index contributed by atoms with van der Waals surface area (Å²) in [6.07, 6.45) is 3.50. The van der Waals surface area contributed by atoms with E-state index in [-0.39, 0.29) is 6.04 Å². The maximum Gasteiger partial charge on any atom is 0.317 e. The lowest BCUT2D eigenvalue weighted by molar-refractivity contribution is -0.525. The topological polar surface area (TPSA) is 79.1 Å². The van der Waals surface area contributed by atoms with Gasteiger partial charge in [-0.25, -0.2) is 19.5 Å². The lowest BCUT2D eigenvalue weighted by Crippen LogP contribution is -2.42. The van der Waals surface area contributed by atoms with Crippen LogP contribution in [0.2, 0.25) is 0 Å². The Kier molecular flexibility index (Phi) is 6.84. The monoisotopic (exact) mass is 474 g/mol. The predicted octanol–water partition coefficient (Wildman–Crippen LogP) is 2.90. The van der Waals surface area contributed by atoms with Crippen LogP contribution in [-0.2, 0) is 13.2 Å². The molecule has 9 heteroatoms. The third kappa shape index (κ3) is 5.27. The van der Waals surface area contributed by atoms with Crippen LogP contribution in [-0.4, -0.2) is 69.4 Å². The Morgan fingerprint density at radius 1 is 1.06 bits per heavy atom. The lowest BCUT2D eigenvalue weighted by atomic mass is 10.1. The van der Waals surface area contributed by atoms with Gasteiger partial charge in [-0.1, -0.05) is 35.6 Å². The van der Waals surface area contributed by atoms with Crippen molar-refractivity contribution in [3.05, 3.63) is 76.7 Å². The molecule has 3 aromatic heterocycles. The third-order valence-electron chi connectivity index (χ3n) is 5.80. The van der Waals surface area contributed by atoms with Crippen LogP contribution >= 0.6 is 11.3 Å². The minimum absolute atomic E-state index is 0.214. The molecule has 5 rings (SSSR count). The summed E-state index contributed by atoms with van der Waals surface area (Å²) in [5, 5.41) is 4.28. The normalized spacial score (nSPS) is 15.3. The van der Waals surface area contributed by atoms with Gasteiger partial charge in [-0.2, -0.15) is 4.98 Å². The number of hydrogen-bond acceptors (Lipinski definition) is 8. The largest absolute Gasteiger partial charge is 0.459 e. The highest BCUT2D eigenvalue weighted by molar-refractivity contribution is 7.18. The molecule has 1 atom stereocenters. The summed E-state index contributed by atoms with van der Waals surface area (Å²) in [7, 11) is 1.91. The van der Waals surface area contributed by atoms with E-state index in [1.165, 1.54) is 5.56 Å². The van der Waals surface area contributed by atoms with Crippen LogP contribution in [0.4, 0.5) is 0 Å². The van der Waals surface area contributed by atoms with Gasteiger partial charge in [-0.05, 0) is 29.3 Å². The zero-order valence-corrected chi connectivity index (χ0v) is 20.0. The van der Waals surface area contributed by atoms with Crippen LogP contribution in [0.3, 0.4) is 0 Å². The van der Waals surface area contributed by atoms with E-state index in [0.29, 0.717) is 12.6 Å². The minimum atomic E-state index is -0.214. The Labute approximate surface area is 203 Å². The summed E-state index contributed by atoms with van der Waals surface area (Å²) < 4.78 is 7.79. The van der Waals surface area contributed by atoms with Gasteiger partial charge in [0, 0.05) is 45.1 Å². The number of nitrogens with one attached hydrogen (secondary N) is 1. The van der Waals surface area contributed by atoms with E-state index in [2.05, 4.69) is 56.2 Å². The van der Waals surface area contributed by atoms with Gasteiger partial charge in [0.1, 0.15) is 36.4 Å². The number of fused-ring (bicyclic) bond motifs is 1. The number of hydrogen-bond donors (Lipinski definition) is 1. The molecule has 1 aromatic carbocycles. The maximum atomic E-state index is 5.94. The fraction of sp³-hybridized carbons (Fsp3) is 0.320. The van der Waals surface area contributed by atoms with E-state index in [1.807, 2.05) is 29.8 Å². The highest BCUT2D eigenvalue weighted by Crippen LogP contribution is 2.30. The molecule has 1 unspecified atom stereocenters. The van der Waals surface area contributed by atoms with Crippen LogP contribution in [0.1, 0.15) is 27.9 Å². The predicted molar refractivity (Wildman–Crippen MR) is 134 cm³/mol. The van der Waals surface area contributed by atoms with Crippen LogP contribution < -0.4 is 10.1 Å². The van der Waals surface area contributed by atoms with Crippen LogP contribution in [0, 0.1) is 0 Å². The summed E-state index contributed by atoms with van der Waals surface area (Å²) in [6.45, 7) is 9.81. The van der Waals surface area contributed by atoms with Crippen LogP contribution in [0.25, 0.3) is 10.3 Å². The minimum Gasteiger partial charge on any atom is -0.459 e. The van der Waals surface area contributed by atoms with Gasteiger partial charge >= 0.3 is 6.01 Å². The molecule has 0 amide bonds. The zero-order chi connectivity index (χ0) is 23.3. The van der Waals surface area contributed by atoms with Crippen LogP contribution in [0.15, 0.2) is 54.9 Å². The number of pyridine rings is 1. The Balaban J connectivity index is 1.26. The van der Waals surface area contributed by atoms with Crippen LogP contribution in [0.5, 0.6) is 6.01 Å². The Morgan fingerprint density at radius 2 is 1.85 bits per heavy atom. The number of ether oxygens (including phenoxy) is 1. The molecule has 1 fully saturated rings. The molecule has 4 aromatic rings. The molecule has 0 spiro atoms. The quantitative estimate of drug-likeness (QED) is 0.311. The first-order chi connectivity index (χ1) is 16.7. The van der Waals surface area contributed by atoms with Crippen molar-refractivity contribution in [3.8, 4) is 6.01 Å². The van der Waals surface area contributed by atoms with Crippen molar-refractivity contribution in [2.75, 3.05) is 33.2 Å². The van der Waals surface area contributed by atoms with Gasteiger partial charge in [0.2, 0.25) is 6.04 Å². The molecule has 1 aliphatic heterocycles.